The quantitative estimate of drug-likeness (QED) is 0.608. The number of nitro benzene ring substituents is 1. The molecule has 0 amide bonds. The second-order valence-corrected chi connectivity index (χ2v) is 3.46. The second kappa shape index (κ2) is 5.06. The van der Waals surface area contributed by atoms with Gasteiger partial charge in [0.1, 0.15) is 0 Å². The number of nitrogens with zero attached hydrogens (tertiary/aromatic N) is 1. The van der Waals surface area contributed by atoms with E-state index in [2.05, 4.69) is 0 Å². The molecule has 82 valence electrons. The zero-order valence-corrected chi connectivity index (χ0v) is 8.65. The Balaban J connectivity index is 3.04. The predicted molar refractivity (Wildman–Crippen MR) is 56.7 cm³/mol. The molecule has 0 saturated carbocycles. The molecule has 3 N–H and O–H groups in total. The average molecular weight is 231 g/mol. The minimum absolute atomic E-state index is 0.0922. The van der Waals surface area contributed by atoms with Crippen molar-refractivity contribution in [1.29, 1.82) is 0 Å². The highest BCUT2D eigenvalue weighted by atomic mass is 35.5. The summed E-state index contributed by atoms with van der Waals surface area (Å²) in [5.41, 5.74) is 5.53. The van der Waals surface area contributed by atoms with E-state index < -0.39 is 11.0 Å². The van der Waals surface area contributed by atoms with Crippen LogP contribution in [0, 0.1) is 10.1 Å². The van der Waals surface area contributed by atoms with Crippen LogP contribution in [0.5, 0.6) is 0 Å². The summed E-state index contributed by atoms with van der Waals surface area (Å²) in [4.78, 5) is 9.97. The van der Waals surface area contributed by atoms with E-state index in [1.165, 1.54) is 18.2 Å². The Morgan fingerprint density at radius 3 is 2.80 bits per heavy atom. The van der Waals surface area contributed by atoms with E-state index in [0.29, 0.717) is 23.6 Å². The van der Waals surface area contributed by atoms with Crippen molar-refractivity contribution in [3.8, 4) is 0 Å². The fourth-order valence-electron chi connectivity index (χ4n) is 1.21. The standard InChI is InChI=1S/C9H11ClN2O3/c10-8-2-1-6(12(14)15)5-7(8)9(13)3-4-11/h1-2,5,9,13H,3-4,11H2/t9-/m0/s1. The summed E-state index contributed by atoms with van der Waals surface area (Å²) >= 11 is 5.81. The fraction of sp³-hybridized carbons (Fsp3) is 0.333. The molecule has 0 bridgehead atoms. The van der Waals surface area contributed by atoms with Crippen LogP contribution in [-0.4, -0.2) is 16.6 Å². The summed E-state index contributed by atoms with van der Waals surface area (Å²) in [5.74, 6) is 0. The lowest BCUT2D eigenvalue weighted by molar-refractivity contribution is -0.385. The van der Waals surface area contributed by atoms with Crippen LogP contribution >= 0.6 is 11.6 Å². The van der Waals surface area contributed by atoms with E-state index in [1.54, 1.807) is 0 Å². The van der Waals surface area contributed by atoms with Crippen LogP contribution in [0.4, 0.5) is 5.69 Å². The number of nitrogens with two attached hydrogens (primary N) is 1. The molecule has 1 atom stereocenters. The van der Waals surface area contributed by atoms with E-state index in [1.807, 2.05) is 0 Å². The lowest BCUT2D eigenvalue weighted by Gasteiger charge is -2.10. The van der Waals surface area contributed by atoms with Crippen molar-refractivity contribution in [2.75, 3.05) is 6.54 Å². The zero-order valence-electron chi connectivity index (χ0n) is 7.89. The molecule has 0 aliphatic heterocycles. The molecule has 1 rings (SSSR count). The van der Waals surface area contributed by atoms with Crippen molar-refractivity contribution in [3.05, 3.63) is 38.9 Å². The summed E-state index contributed by atoms with van der Waals surface area (Å²) < 4.78 is 0. The summed E-state index contributed by atoms with van der Waals surface area (Å²) in [6, 6.07) is 3.96. The van der Waals surface area contributed by atoms with Crippen molar-refractivity contribution >= 4 is 17.3 Å². The van der Waals surface area contributed by atoms with Gasteiger partial charge < -0.3 is 10.8 Å². The first kappa shape index (κ1) is 11.9. The van der Waals surface area contributed by atoms with Gasteiger partial charge in [-0.25, -0.2) is 0 Å². The van der Waals surface area contributed by atoms with E-state index in [-0.39, 0.29) is 5.69 Å². The molecule has 0 radical (unpaired) electrons. The van der Waals surface area contributed by atoms with Crippen LogP contribution in [0.15, 0.2) is 18.2 Å². The van der Waals surface area contributed by atoms with Gasteiger partial charge in [0, 0.05) is 22.7 Å². The number of non-ortho nitro benzene ring substituents is 1. The molecule has 0 saturated heterocycles. The maximum atomic E-state index is 10.5. The van der Waals surface area contributed by atoms with Gasteiger partial charge >= 0.3 is 0 Å². The van der Waals surface area contributed by atoms with Gasteiger partial charge in [0.2, 0.25) is 0 Å². The van der Waals surface area contributed by atoms with E-state index in [0.717, 1.165) is 0 Å². The van der Waals surface area contributed by atoms with Crippen LogP contribution in [0.25, 0.3) is 0 Å². The number of rotatable bonds is 4. The molecule has 0 aromatic heterocycles. The maximum absolute atomic E-state index is 10.5. The Kier molecular flexibility index (Phi) is 4.02. The van der Waals surface area contributed by atoms with Gasteiger partial charge in [-0.2, -0.15) is 0 Å². The number of aliphatic hydroxyl groups excluding tert-OH is 1. The van der Waals surface area contributed by atoms with Gasteiger partial charge in [-0.1, -0.05) is 11.6 Å². The van der Waals surface area contributed by atoms with Crippen LogP contribution in [-0.2, 0) is 0 Å². The average Bonchev–Trinajstić information content (AvgIpc) is 2.18. The lowest BCUT2D eigenvalue weighted by atomic mass is 10.1. The molecule has 5 nitrogen and oxygen atoms in total. The van der Waals surface area contributed by atoms with Crippen molar-refractivity contribution in [1.82, 2.24) is 0 Å². The molecule has 6 heteroatoms. The molecule has 0 spiro atoms. The fourth-order valence-corrected chi connectivity index (χ4v) is 1.46. The summed E-state index contributed by atoms with van der Waals surface area (Å²) in [5, 5.41) is 20.4. The third-order valence-corrected chi connectivity index (χ3v) is 2.33. The van der Waals surface area contributed by atoms with Gasteiger partial charge in [0.05, 0.1) is 11.0 Å². The molecular formula is C9H11ClN2O3. The van der Waals surface area contributed by atoms with Crippen LogP contribution < -0.4 is 5.73 Å². The summed E-state index contributed by atoms with van der Waals surface area (Å²) in [7, 11) is 0. The topological polar surface area (TPSA) is 89.4 Å². The molecule has 0 heterocycles. The number of hydrogen-bond donors (Lipinski definition) is 2. The van der Waals surface area contributed by atoms with Gasteiger partial charge in [-0.3, -0.25) is 10.1 Å². The smallest absolute Gasteiger partial charge is 0.269 e. The summed E-state index contributed by atoms with van der Waals surface area (Å²) in [6.07, 6.45) is -0.539. The molecule has 1 aromatic rings. The van der Waals surface area contributed by atoms with Crippen molar-refractivity contribution in [2.24, 2.45) is 5.73 Å². The molecule has 0 aliphatic carbocycles. The number of halogens is 1. The monoisotopic (exact) mass is 230 g/mol. The molecule has 0 unspecified atom stereocenters. The Bertz CT molecular complexity index is 370. The SMILES string of the molecule is NCC[C@H](O)c1cc([N+](=O)[O-])ccc1Cl. The Morgan fingerprint density at radius 1 is 1.60 bits per heavy atom. The zero-order chi connectivity index (χ0) is 11.4. The van der Waals surface area contributed by atoms with Crippen molar-refractivity contribution < 1.29 is 10.0 Å². The van der Waals surface area contributed by atoms with E-state index >= 15 is 0 Å². The Hall–Kier alpha value is -1.17. The number of aliphatic hydroxyl groups is 1. The Labute approximate surface area is 91.6 Å². The highest BCUT2D eigenvalue weighted by Gasteiger charge is 2.15. The molecule has 1 aromatic carbocycles. The third kappa shape index (κ3) is 2.89. The minimum atomic E-state index is -0.859. The Morgan fingerprint density at radius 2 is 2.27 bits per heavy atom. The van der Waals surface area contributed by atoms with Crippen LogP contribution in [0.1, 0.15) is 18.1 Å². The maximum Gasteiger partial charge on any atom is 0.269 e. The first-order valence-corrected chi connectivity index (χ1v) is 4.76. The number of benzene rings is 1. The molecule has 0 fully saturated rings. The predicted octanol–water partition coefficient (Wildman–Crippen LogP) is 1.63. The molecule has 15 heavy (non-hydrogen) atoms. The lowest BCUT2D eigenvalue weighted by Crippen LogP contribution is -2.07. The normalized spacial score (nSPS) is 12.5. The second-order valence-electron chi connectivity index (χ2n) is 3.06. The first-order chi connectivity index (χ1) is 7.06. The highest BCUT2D eigenvalue weighted by molar-refractivity contribution is 6.31. The summed E-state index contributed by atoms with van der Waals surface area (Å²) in [6.45, 7) is 0.292. The van der Waals surface area contributed by atoms with Gasteiger partial charge in [-0.05, 0) is 19.0 Å². The van der Waals surface area contributed by atoms with Gasteiger partial charge in [0.25, 0.3) is 5.69 Å². The van der Waals surface area contributed by atoms with E-state index in [9.17, 15) is 15.2 Å². The first-order valence-electron chi connectivity index (χ1n) is 4.38. The highest BCUT2D eigenvalue weighted by Crippen LogP contribution is 2.28. The van der Waals surface area contributed by atoms with Gasteiger partial charge in [0.15, 0.2) is 0 Å². The van der Waals surface area contributed by atoms with Crippen LogP contribution in [0.3, 0.4) is 0 Å². The third-order valence-electron chi connectivity index (χ3n) is 1.99. The minimum Gasteiger partial charge on any atom is -0.388 e. The molecular weight excluding hydrogens is 220 g/mol. The largest absolute Gasteiger partial charge is 0.388 e. The van der Waals surface area contributed by atoms with Crippen molar-refractivity contribution in [2.45, 2.75) is 12.5 Å². The molecule has 0 aliphatic rings. The van der Waals surface area contributed by atoms with Crippen LogP contribution in [0.2, 0.25) is 5.02 Å². The number of hydrogen-bond acceptors (Lipinski definition) is 4. The van der Waals surface area contributed by atoms with Crippen molar-refractivity contribution in [3.63, 3.8) is 0 Å². The van der Waals surface area contributed by atoms with Gasteiger partial charge in [-0.15, -0.1) is 0 Å². The number of nitro groups is 1. The van der Waals surface area contributed by atoms with E-state index in [4.69, 9.17) is 17.3 Å².